The number of Topliss-reactive ketones (excluding diaryl/α,β-unsaturated/α-hetero) is 1. The molecule has 0 saturated carbocycles. The van der Waals surface area contributed by atoms with Gasteiger partial charge in [0.15, 0.2) is 11.5 Å². The zero-order chi connectivity index (χ0) is 20.2. The van der Waals surface area contributed by atoms with E-state index < -0.39 is 15.8 Å². The monoisotopic (exact) mass is 411 g/mol. The van der Waals surface area contributed by atoms with Gasteiger partial charge in [-0.2, -0.15) is 0 Å². The molecule has 2 aromatic rings. The Hall–Kier alpha value is -1.98. The topological polar surface area (TPSA) is 72.5 Å². The van der Waals surface area contributed by atoms with Crippen molar-refractivity contribution in [3.63, 3.8) is 0 Å². The Bertz CT molecular complexity index is 960. The number of ketones is 1. The van der Waals surface area contributed by atoms with Crippen LogP contribution in [0.5, 0.6) is 11.5 Å². The summed E-state index contributed by atoms with van der Waals surface area (Å²) in [5.41, 5.74) is 1.50. The normalized spacial score (nSPS) is 11.3. The standard InChI is InChI=1S/C19H23FNO4PS/c1-4-6-12-9-15(21-27(3,23)24)18(11-14(12)16(22)5-2)25-17-8-7-13(20)10-19(17)26/h7-11,21H,4-6,26H2,1-3H3. The lowest BCUT2D eigenvalue weighted by Crippen LogP contribution is -2.13. The summed E-state index contributed by atoms with van der Waals surface area (Å²) in [6, 6.07) is 7.17. The second kappa shape index (κ2) is 8.81. The average molecular weight is 411 g/mol. The molecule has 0 saturated heterocycles. The Morgan fingerprint density at radius 1 is 1.19 bits per heavy atom. The van der Waals surface area contributed by atoms with E-state index >= 15 is 0 Å². The SMILES string of the molecule is CCCc1cc(NS(C)(=O)=O)c(Oc2ccc(F)cc2P)cc1C(=O)CC. The lowest BCUT2D eigenvalue weighted by atomic mass is 9.97. The van der Waals surface area contributed by atoms with E-state index in [0.717, 1.165) is 18.2 Å². The van der Waals surface area contributed by atoms with E-state index in [0.29, 0.717) is 29.5 Å². The number of halogens is 1. The summed E-state index contributed by atoms with van der Waals surface area (Å²) in [6.45, 7) is 3.75. The average Bonchev–Trinajstić information content (AvgIpc) is 2.57. The van der Waals surface area contributed by atoms with Crippen molar-refractivity contribution in [1.29, 1.82) is 0 Å². The van der Waals surface area contributed by atoms with Crippen molar-refractivity contribution in [3.8, 4) is 11.5 Å². The Kier molecular flexibility index (Phi) is 6.95. The van der Waals surface area contributed by atoms with E-state index in [-0.39, 0.29) is 17.2 Å². The van der Waals surface area contributed by atoms with E-state index in [1.165, 1.54) is 18.2 Å². The van der Waals surface area contributed by atoms with Gasteiger partial charge in [0, 0.05) is 17.3 Å². The predicted octanol–water partition coefficient (Wildman–Crippen LogP) is 4.04. The zero-order valence-corrected chi connectivity index (χ0v) is 17.5. The third-order valence-electron chi connectivity index (χ3n) is 3.83. The summed E-state index contributed by atoms with van der Waals surface area (Å²) < 4.78 is 45.2. The van der Waals surface area contributed by atoms with Crippen LogP contribution in [0.4, 0.5) is 10.1 Å². The Balaban J connectivity index is 2.61. The first-order chi connectivity index (χ1) is 12.6. The van der Waals surface area contributed by atoms with Gasteiger partial charge >= 0.3 is 0 Å². The highest BCUT2D eigenvalue weighted by atomic mass is 32.2. The fourth-order valence-electron chi connectivity index (χ4n) is 2.65. The summed E-state index contributed by atoms with van der Waals surface area (Å²) >= 11 is 0. The maximum Gasteiger partial charge on any atom is 0.229 e. The van der Waals surface area contributed by atoms with Crippen LogP contribution in [0.1, 0.15) is 42.6 Å². The summed E-state index contributed by atoms with van der Waals surface area (Å²) in [6.07, 6.45) is 2.79. The number of hydrogen-bond acceptors (Lipinski definition) is 4. The molecule has 0 bridgehead atoms. The van der Waals surface area contributed by atoms with Crippen molar-refractivity contribution in [2.45, 2.75) is 33.1 Å². The third kappa shape index (κ3) is 5.75. The van der Waals surface area contributed by atoms with Crippen LogP contribution in [0.3, 0.4) is 0 Å². The first-order valence-corrected chi connectivity index (χ1v) is 11.0. The molecule has 0 aliphatic rings. The predicted molar refractivity (Wildman–Crippen MR) is 109 cm³/mol. The molecule has 8 heteroatoms. The second-order valence-electron chi connectivity index (χ2n) is 6.19. The van der Waals surface area contributed by atoms with Crippen LogP contribution >= 0.6 is 9.24 Å². The summed E-state index contributed by atoms with van der Waals surface area (Å²) in [5.74, 6) is 0.0601. The van der Waals surface area contributed by atoms with Crippen LogP contribution < -0.4 is 14.8 Å². The summed E-state index contributed by atoms with van der Waals surface area (Å²) in [4.78, 5) is 12.4. The molecule has 1 unspecified atom stereocenters. The minimum atomic E-state index is -3.56. The van der Waals surface area contributed by atoms with Crippen molar-refractivity contribution < 1.29 is 22.3 Å². The molecule has 0 radical (unpaired) electrons. The van der Waals surface area contributed by atoms with Crippen LogP contribution in [0, 0.1) is 5.82 Å². The van der Waals surface area contributed by atoms with E-state index in [2.05, 4.69) is 14.0 Å². The summed E-state index contributed by atoms with van der Waals surface area (Å²) in [5, 5.41) is 0.473. The van der Waals surface area contributed by atoms with Gasteiger partial charge in [0.05, 0.1) is 11.9 Å². The van der Waals surface area contributed by atoms with E-state index in [1.54, 1.807) is 19.1 Å². The maximum absolute atomic E-state index is 13.3. The number of aryl methyl sites for hydroxylation is 1. The molecule has 0 aliphatic carbocycles. The highest BCUT2D eigenvalue weighted by Crippen LogP contribution is 2.34. The number of rotatable bonds is 8. The number of benzene rings is 2. The number of anilines is 1. The highest BCUT2D eigenvalue weighted by molar-refractivity contribution is 7.92. The summed E-state index contributed by atoms with van der Waals surface area (Å²) in [7, 11) is -1.19. The zero-order valence-electron chi connectivity index (χ0n) is 15.5. The van der Waals surface area contributed by atoms with Gasteiger partial charge in [0.2, 0.25) is 10.0 Å². The molecule has 0 fully saturated rings. The van der Waals surface area contributed by atoms with Gasteiger partial charge in [-0.3, -0.25) is 9.52 Å². The quantitative estimate of drug-likeness (QED) is 0.526. The first-order valence-electron chi connectivity index (χ1n) is 8.55. The molecular weight excluding hydrogens is 388 g/mol. The van der Waals surface area contributed by atoms with Crippen molar-refractivity contribution >= 4 is 36.0 Å². The van der Waals surface area contributed by atoms with Gasteiger partial charge in [0.1, 0.15) is 11.6 Å². The number of hydrogen-bond donors (Lipinski definition) is 1. The molecule has 2 aromatic carbocycles. The molecule has 0 spiro atoms. The number of ether oxygens (including phenoxy) is 1. The first kappa shape index (κ1) is 21.3. The Morgan fingerprint density at radius 3 is 2.44 bits per heavy atom. The third-order valence-corrected chi connectivity index (χ3v) is 4.88. The molecule has 1 atom stereocenters. The van der Waals surface area contributed by atoms with E-state index in [1.807, 2.05) is 6.92 Å². The van der Waals surface area contributed by atoms with Crippen molar-refractivity contribution in [2.24, 2.45) is 0 Å². The lowest BCUT2D eigenvalue weighted by Gasteiger charge is -2.17. The molecule has 0 heterocycles. The Labute approximate surface area is 161 Å². The van der Waals surface area contributed by atoms with E-state index in [9.17, 15) is 17.6 Å². The molecule has 5 nitrogen and oxygen atoms in total. The van der Waals surface area contributed by atoms with Crippen LogP contribution in [-0.4, -0.2) is 20.5 Å². The van der Waals surface area contributed by atoms with Gasteiger partial charge in [-0.25, -0.2) is 12.8 Å². The number of carbonyl (C=O) groups excluding carboxylic acids is 1. The molecule has 27 heavy (non-hydrogen) atoms. The fourth-order valence-corrected chi connectivity index (χ4v) is 3.52. The molecule has 0 aromatic heterocycles. The van der Waals surface area contributed by atoms with Crippen LogP contribution in [0.25, 0.3) is 0 Å². The highest BCUT2D eigenvalue weighted by Gasteiger charge is 2.18. The van der Waals surface area contributed by atoms with Crippen LogP contribution in [0.15, 0.2) is 30.3 Å². The minimum Gasteiger partial charge on any atom is -0.454 e. The second-order valence-corrected chi connectivity index (χ2v) is 8.56. The van der Waals surface area contributed by atoms with Gasteiger partial charge in [-0.1, -0.05) is 20.3 Å². The van der Waals surface area contributed by atoms with Gasteiger partial charge in [0.25, 0.3) is 0 Å². The molecule has 146 valence electrons. The van der Waals surface area contributed by atoms with E-state index in [4.69, 9.17) is 4.74 Å². The Morgan fingerprint density at radius 2 is 1.89 bits per heavy atom. The van der Waals surface area contributed by atoms with Crippen LogP contribution in [0.2, 0.25) is 0 Å². The van der Waals surface area contributed by atoms with Crippen molar-refractivity contribution in [1.82, 2.24) is 0 Å². The largest absolute Gasteiger partial charge is 0.454 e. The van der Waals surface area contributed by atoms with Crippen LogP contribution in [-0.2, 0) is 16.4 Å². The number of sulfonamides is 1. The number of nitrogens with one attached hydrogen (secondary N) is 1. The van der Waals surface area contributed by atoms with Crippen molar-refractivity contribution in [2.75, 3.05) is 11.0 Å². The number of carbonyl (C=O) groups is 1. The lowest BCUT2D eigenvalue weighted by molar-refractivity contribution is 0.0987. The molecule has 1 N–H and O–H groups in total. The maximum atomic E-state index is 13.3. The van der Waals surface area contributed by atoms with Crippen molar-refractivity contribution in [3.05, 3.63) is 47.3 Å². The molecule has 2 rings (SSSR count). The fraction of sp³-hybridized carbons (Fsp3) is 0.316. The van der Waals surface area contributed by atoms with Gasteiger partial charge < -0.3 is 4.74 Å². The van der Waals surface area contributed by atoms with Gasteiger partial charge in [-0.05, 0) is 42.3 Å². The minimum absolute atomic E-state index is 0.0561. The molecule has 0 aliphatic heterocycles. The smallest absolute Gasteiger partial charge is 0.229 e. The molecular formula is C19H23FNO4PS. The molecule has 0 amide bonds. The van der Waals surface area contributed by atoms with Gasteiger partial charge in [-0.15, -0.1) is 9.24 Å².